The molecule has 12 nitrogen and oxygen atoms in total. The number of nitrogens with zero attached hydrogens (tertiary/aromatic N) is 7. The highest BCUT2D eigenvalue weighted by Crippen LogP contribution is 2.28. The van der Waals surface area contributed by atoms with Gasteiger partial charge < -0.3 is 30.5 Å². The lowest BCUT2D eigenvalue weighted by Crippen LogP contribution is -2.44. The smallest absolute Gasteiger partial charge is 0.315 e. The number of fused-ring (bicyclic) bond motifs is 1. The van der Waals surface area contributed by atoms with E-state index in [-0.39, 0.29) is 18.1 Å². The highest BCUT2D eigenvalue weighted by atomic mass is 16.5. The Bertz CT molecular complexity index is 1220. The number of carbonyl (C=O) groups is 1. The summed E-state index contributed by atoms with van der Waals surface area (Å²) in [5, 5.41) is 14.7. The second-order valence-electron chi connectivity index (χ2n) is 9.86. The predicted molar refractivity (Wildman–Crippen MR) is 144 cm³/mol. The minimum atomic E-state index is -0.172. The van der Waals surface area contributed by atoms with Gasteiger partial charge in [0.15, 0.2) is 0 Å². The quantitative estimate of drug-likeness (QED) is 0.374. The summed E-state index contributed by atoms with van der Waals surface area (Å²) in [6.45, 7) is 8.64. The van der Waals surface area contributed by atoms with Crippen LogP contribution in [0, 0.1) is 0 Å². The zero-order valence-corrected chi connectivity index (χ0v) is 21.8. The first-order valence-electron chi connectivity index (χ1n) is 13.0. The van der Waals surface area contributed by atoms with E-state index in [4.69, 9.17) is 14.7 Å². The number of pyridine rings is 1. The standard InChI is InChI=1S/C25H36N10O2/c1-17(2)35-20-12-21(27-14-18(20)15-28-35)30-24-31-22(33-8-4-5-9-33)13-23(32-24)34-10-6-19(16-34)29-25(36)26-7-11-37-3/h12-15,17,19H,4-11,16H2,1-3H3,(H2,26,29,36)(H,27,30,31,32). The van der Waals surface area contributed by atoms with Gasteiger partial charge in [0.05, 0.1) is 18.3 Å². The molecule has 0 spiro atoms. The van der Waals surface area contributed by atoms with E-state index in [1.165, 1.54) is 0 Å². The fourth-order valence-corrected chi connectivity index (χ4v) is 4.87. The number of carbonyl (C=O) groups excluding carboxylic acids is 1. The van der Waals surface area contributed by atoms with Crippen molar-refractivity contribution < 1.29 is 9.53 Å². The van der Waals surface area contributed by atoms with Crippen LogP contribution in [0.4, 0.5) is 28.2 Å². The molecule has 2 amide bonds. The molecule has 0 saturated carbocycles. The number of rotatable bonds is 9. The summed E-state index contributed by atoms with van der Waals surface area (Å²) >= 11 is 0. The van der Waals surface area contributed by atoms with Gasteiger partial charge in [0.1, 0.15) is 17.5 Å². The maximum absolute atomic E-state index is 12.2. The molecule has 198 valence electrons. The Labute approximate surface area is 216 Å². The first-order chi connectivity index (χ1) is 18.0. The van der Waals surface area contributed by atoms with Crippen LogP contribution in [-0.4, -0.2) is 83.2 Å². The van der Waals surface area contributed by atoms with E-state index in [2.05, 4.69) is 55.7 Å². The van der Waals surface area contributed by atoms with Crippen molar-refractivity contribution >= 4 is 40.3 Å². The number of aromatic nitrogens is 5. The van der Waals surface area contributed by atoms with Crippen molar-refractivity contribution in [3.8, 4) is 0 Å². The minimum Gasteiger partial charge on any atom is -0.383 e. The van der Waals surface area contributed by atoms with E-state index in [1.807, 2.05) is 23.1 Å². The Kier molecular flexibility index (Phi) is 7.54. The molecule has 0 bridgehead atoms. The molecule has 2 aliphatic rings. The van der Waals surface area contributed by atoms with E-state index in [0.29, 0.717) is 31.5 Å². The van der Waals surface area contributed by atoms with Gasteiger partial charge in [-0.05, 0) is 33.1 Å². The SMILES string of the molecule is COCCNC(=O)NC1CCN(c2cc(N3CCCC3)nc(Nc3cc4c(cn3)cnn4C(C)C)n2)C1. The molecule has 2 aliphatic heterocycles. The van der Waals surface area contributed by atoms with Crippen LogP contribution in [0.1, 0.15) is 39.2 Å². The van der Waals surface area contributed by atoms with Crippen LogP contribution in [-0.2, 0) is 4.74 Å². The molecule has 1 unspecified atom stereocenters. The molecule has 3 aromatic heterocycles. The first kappa shape index (κ1) is 25.0. The van der Waals surface area contributed by atoms with Crippen molar-refractivity contribution in [2.45, 2.75) is 45.2 Å². The van der Waals surface area contributed by atoms with Crippen LogP contribution < -0.4 is 25.8 Å². The molecule has 1 atom stereocenters. The summed E-state index contributed by atoms with van der Waals surface area (Å²) in [6, 6.07) is 4.17. The highest BCUT2D eigenvalue weighted by molar-refractivity contribution is 5.81. The average Bonchev–Trinajstić information content (AvgIpc) is 3.65. The largest absolute Gasteiger partial charge is 0.383 e. The van der Waals surface area contributed by atoms with Gasteiger partial charge in [-0.1, -0.05) is 0 Å². The number of hydrogen-bond acceptors (Lipinski definition) is 9. The molecule has 5 heterocycles. The van der Waals surface area contributed by atoms with E-state index in [0.717, 1.165) is 61.4 Å². The molecule has 3 N–H and O–H groups in total. The predicted octanol–water partition coefficient (Wildman–Crippen LogP) is 2.67. The normalized spacial score (nSPS) is 17.7. The monoisotopic (exact) mass is 508 g/mol. The number of amides is 2. The highest BCUT2D eigenvalue weighted by Gasteiger charge is 2.27. The number of hydrogen-bond donors (Lipinski definition) is 3. The number of anilines is 4. The summed E-state index contributed by atoms with van der Waals surface area (Å²) in [5.74, 6) is 2.94. The van der Waals surface area contributed by atoms with E-state index >= 15 is 0 Å². The topological polar surface area (TPSA) is 125 Å². The van der Waals surface area contributed by atoms with E-state index in [9.17, 15) is 4.79 Å². The van der Waals surface area contributed by atoms with Crippen molar-refractivity contribution in [2.75, 3.05) is 61.6 Å². The molecule has 2 fully saturated rings. The Balaban J connectivity index is 1.35. The fraction of sp³-hybridized carbons (Fsp3) is 0.560. The summed E-state index contributed by atoms with van der Waals surface area (Å²) < 4.78 is 6.98. The van der Waals surface area contributed by atoms with Gasteiger partial charge in [-0.15, -0.1) is 0 Å². The third-order valence-electron chi connectivity index (χ3n) is 6.78. The fourth-order valence-electron chi connectivity index (χ4n) is 4.87. The van der Waals surface area contributed by atoms with Gasteiger partial charge in [0, 0.05) is 75.6 Å². The molecule has 2 saturated heterocycles. The third-order valence-corrected chi connectivity index (χ3v) is 6.78. The van der Waals surface area contributed by atoms with Crippen LogP contribution in [0.2, 0.25) is 0 Å². The van der Waals surface area contributed by atoms with Crippen LogP contribution >= 0.6 is 0 Å². The van der Waals surface area contributed by atoms with E-state index < -0.39 is 0 Å². The van der Waals surface area contributed by atoms with E-state index in [1.54, 1.807) is 7.11 Å². The molecule has 3 aromatic rings. The molecular formula is C25H36N10O2. The molecule has 0 aliphatic carbocycles. The summed E-state index contributed by atoms with van der Waals surface area (Å²) in [4.78, 5) is 31.0. The summed E-state index contributed by atoms with van der Waals surface area (Å²) in [6.07, 6.45) is 6.83. The number of nitrogens with one attached hydrogen (secondary N) is 3. The second kappa shape index (κ2) is 11.2. The van der Waals surface area contributed by atoms with Gasteiger partial charge in [-0.25, -0.2) is 9.78 Å². The van der Waals surface area contributed by atoms with Gasteiger partial charge >= 0.3 is 6.03 Å². The Hall–Kier alpha value is -3.67. The molecule has 5 rings (SSSR count). The maximum atomic E-state index is 12.2. The summed E-state index contributed by atoms with van der Waals surface area (Å²) in [7, 11) is 1.62. The second-order valence-corrected chi connectivity index (χ2v) is 9.86. The van der Waals surface area contributed by atoms with Crippen LogP contribution in [0.15, 0.2) is 24.5 Å². The van der Waals surface area contributed by atoms with Crippen molar-refractivity contribution in [1.82, 2.24) is 35.4 Å². The van der Waals surface area contributed by atoms with Crippen molar-refractivity contribution in [1.29, 1.82) is 0 Å². The van der Waals surface area contributed by atoms with Gasteiger partial charge in [-0.2, -0.15) is 15.1 Å². The van der Waals surface area contributed by atoms with Gasteiger partial charge in [0.25, 0.3) is 0 Å². The van der Waals surface area contributed by atoms with Crippen molar-refractivity contribution in [2.24, 2.45) is 0 Å². The van der Waals surface area contributed by atoms with Crippen LogP contribution in [0.3, 0.4) is 0 Å². The zero-order valence-electron chi connectivity index (χ0n) is 21.8. The molecule has 0 aromatic carbocycles. The minimum absolute atomic E-state index is 0.0459. The molecular weight excluding hydrogens is 472 g/mol. The first-order valence-corrected chi connectivity index (χ1v) is 13.0. The lowest BCUT2D eigenvalue weighted by molar-refractivity contribution is 0.195. The van der Waals surface area contributed by atoms with Gasteiger partial charge in [-0.3, -0.25) is 4.68 Å². The Morgan fingerprint density at radius 3 is 2.65 bits per heavy atom. The van der Waals surface area contributed by atoms with Crippen LogP contribution in [0.5, 0.6) is 0 Å². The summed E-state index contributed by atoms with van der Waals surface area (Å²) in [5.41, 5.74) is 1.01. The molecule has 0 radical (unpaired) electrons. The number of ether oxygens (including phenoxy) is 1. The van der Waals surface area contributed by atoms with Crippen molar-refractivity contribution in [3.05, 3.63) is 24.5 Å². The Morgan fingerprint density at radius 2 is 1.89 bits per heavy atom. The third kappa shape index (κ3) is 5.85. The number of urea groups is 1. The number of methoxy groups -OCH3 is 1. The lowest BCUT2D eigenvalue weighted by Gasteiger charge is -2.23. The molecule has 12 heteroatoms. The molecule has 37 heavy (non-hydrogen) atoms. The maximum Gasteiger partial charge on any atom is 0.315 e. The van der Waals surface area contributed by atoms with Gasteiger partial charge in [0.2, 0.25) is 5.95 Å². The zero-order chi connectivity index (χ0) is 25.8. The van der Waals surface area contributed by atoms with Crippen LogP contribution in [0.25, 0.3) is 10.9 Å². The Morgan fingerprint density at radius 1 is 1.11 bits per heavy atom. The average molecular weight is 509 g/mol. The lowest BCUT2D eigenvalue weighted by atomic mass is 10.3. The van der Waals surface area contributed by atoms with Crippen molar-refractivity contribution in [3.63, 3.8) is 0 Å².